The number of allylic oxidation sites excluding steroid dienone is 6. The number of amides is 1. The Morgan fingerprint density at radius 3 is 2.19 bits per heavy atom. The zero-order valence-electron chi connectivity index (χ0n) is 39.8. The first-order valence-corrected chi connectivity index (χ1v) is 23.7. The first kappa shape index (κ1) is 53.4. The molecular formula is C51H83NO10. The van der Waals surface area contributed by atoms with Gasteiger partial charge in [0.15, 0.2) is 5.78 Å². The Hall–Kier alpha value is -2.96. The lowest BCUT2D eigenvalue weighted by Crippen LogP contribution is -2.52. The summed E-state index contributed by atoms with van der Waals surface area (Å²) < 4.78 is 12.1. The highest BCUT2D eigenvalue weighted by Crippen LogP contribution is 2.34. The molecule has 352 valence electrons. The summed E-state index contributed by atoms with van der Waals surface area (Å²) in [6.07, 6.45) is 15.3. The van der Waals surface area contributed by atoms with E-state index in [2.05, 4.69) is 6.92 Å². The second kappa shape index (κ2) is 25.5. The lowest BCUT2D eigenvalue weighted by atomic mass is 9.79. The van der Waals surface area contributed by atoms with E-state index in [1.807, 2.05) is 58.1 Å². The van der Waals surface area contributed by atoms with Crippen LogP contribution in [0.4, 0.5) is 0 Å². The Bertz CT molecular complexity index is 1570. The minimum Gasteiger partial charge on any atom is -0.460 e. The molecule has 1 saturated carbocycles. The quantitative estimate of drug-likeness (QED) is 0.160. The van der Waals surface area contributed by atoms with Gasteiger partial charge in [0.05, 0.1) is 24.2 Å². The third-order valence-electron chi connectivity index (χ3n) is 14.3. The molecule has 11 heteroatoms. The highest BCUT2D eigenvalue weighted by Gasteiger charge is 2.40. The first-order valence-electron chi connectivity index (χ1n) is 23.7. The van der Waals surface area contributed by atoms with E-state index in [-0.39, 0.29) is 60.4 Å². The van der Waals surface area contributed by atoms with Crippen LogP contribution in [0.5, 0.6) is 0 Å². The Morgan fingerprint density at radius 2 is 1.53 bits per heavy atom. The number of hydrogen-bond donors (Lipinski definition) is 4. The number of rotatable bonds is 4. The van der Waals surface area contributed by atoms with Crippen LogP contribution < -0.4 is 0 Å². The van der Waals surface area contributed by atoms with Crippen LogP contribution in [0.1, 0.15) is 152 Å². The van der Waals surface area contributed by atoms with E-state index in [1.165, 1.54) is 0 Å². The van der Waals surface area contributed by atoms with Gasteiger partial charge in [0.1, 0.15) is 30.1 Å². The van der Waals surface area contributed by atoms with Gasteiger partial charge in [-0.1, -0.05) is 84.4 Å². The molecule has 11 nitrogen and oxygen atoms in total. The number of aliphatic hydroxyl groups excluding tert-OH is 3. The van der Waals surface area contributed by atoms with Crippen molar-refractivity contribution in [2.24, 2.45) is 41.4 Å². The molecule has 1 aliphatic carbocycles. The molecule has 0 radical (unpaired) electrons. The van der Waals surface area contributed by atoms with E-state index >= 15 is 0 Å². The van der Waals surface area contributed by atoms with Gasteiger partial charge in [-0.3, -0.25) is 14.4 Å². The van der Waals surface area contributed by atoms with Crippen molar-refractivity contribution in [3.05, 3.63) is 47.6 Å². The summed E-state index contributed by atoms with van der Waals surface area (Å²) in [4.78, 5) is 57.0. The SMILES string of the molecule is CO[C@H]1C[C@@H](C)CC[C@@H](C)[C@](C)(O)CC(=O)N2CCCCC2C(=O)O[C@H]([C@H](C)C[C@H]2CC[C@H](O)CC2)CC(=O)[C@H](C)/C=C(\C)[C@@H](O)[C@@H](O)C(=O)[C@H](C)C[C@H](C)/C=C/C=C/C=C/1C. The van der Waals surface area contributed by atoms with E-state index in [0.29, 0.717) is 56.6 Å². The molecule has 1 amide bonds. The molecular weight excluding hydrogens is 787 g/mol. The normalized spacial score (nSPS) is 40.1. The molecule has 2 fully saturated rings. The summed E-state index contributed by atoms with van der Waals surface area (Å²) in [5.74, 6) is -2.57. The Kier molecular flexibility index (Phi) is 22.0. The monoisotopic (exact) mass is 870 g/mol. The third kappa shape index (κ3) is 16.5. The van der Waals surface area contributed by atoms with Gasteiger partial charge in [0.25, 0.3) is 0 Å². The Balaban J connectivity index is 1.93. The number of ketones is 2. The number of aliphatic hydroxyl groups is 4. The van der Waals surface area contributed by atoms with E-state index in [4.69, 9.17) is 9.47 Å². The minimum atomic E-state index is -1.66. The molecule has 62 heavy (non-hydrogen) atoms. The molecule has 1 unspecified atom stereocenters. The van der Waals surface area contributed by atoms with E-state index in [1.54, 1.807) is 45.8 Å². The lowest BCUT2D eigenvalue weighted by molar-refractivity contribution is -0.166. The highest BCUT2D eigenvalue weighted by atomic mass is 16.5. The van der Waals surface area contributed by atoms with Crippen molar-refractivity contribution in [2.45, 2.75) is 194 Å². The van der Waals surface area contributed by atoms with Crippen molar-refractivity contribution in [1.82, 2.24) is 4.90 Å². The van der Waals surface area contributed by atoms with Crippen LogP contribution in [-0.4, -0.2) is 105 Å². The number of methoxy groups -OCH3 is 1. The number of ether oxygens (including phenoxy) is 2. The highest BCUT2D eigenvalue weighted by molar-refractivity contribution is 5.87. The fourth-order valence-electron chi connectivity index (χ4n) is 9.55. The molecule has 12 atom stereocenters. The summed E-state index contributed by atoms with van der Waals surface area (Å²) in [5.41, 5.74) is 0.0699. The molecule has 1 saturated heterocycles. The van der Waals surface area contributed by atoms with Crippen molar-refractivity contribution in [2.75, 3.05) is 13.7 Å². The second-order valence-electron chi connectivity index (χ2n) is 20.0. The minimum absolute atomic E-state index is 0.0242. The fraction of sp³-hybridized carbons (Fsp3) is 0.765. The van der Waals surface area contributed by atoms with Crippen LogP contribution in [-0.2, 0) is 28.7 Å². The maximum atomic E-state index is 14.2. The molecule has 3 rings (SSSR count). The van der Waals surface area contributed by atoms with Gasteiger partial charge in [-0.25, -0.2) is 4.79 Å². The van der Waals surface area contributed by atoms with Gasteiger partial charge in [-0.2, -0.15) is 0 Å². The number of nitrogens with zero attached hydrogens (tertiary/aromatic N) is 1. The zero-order valence-corrected chi connectivity index (χ0v) is 39.8. The predicted octanol–water partition coefficient (Wildman–Crippen LogP) is 8.02. The van der Waals surface area contributed by atoms with Crippen LogP contribution in [0.25, 0.3) is 0 Å². The largest absolute Gasteiger partial charge is 0.460 e. The van der Waals surface area contributed by atoms with Crippen LogP contribution in [0.15, 0.2) is 47.6 Å². The van der Waals surface area contributed by atoms with E-state index in [0.717, 1.165) is 44.1 Å². The number of carbonyl (C=O) groups is 4. The van der Waals surface area contributed by atoms with Crippen molar-refractivity contribution in [3.63, 3.8) is 0 Å². The molecule has 4 N–H and O–H groups in total. The van der Waals surface area contributed by atoms with Crippen LogP contribution >= 0.6 is 0 Å². The molecule has 3 aliphatic rings. The molecule has 2 aliphatic heterocycles. The molecule has 0 aromatic rings. The van der Waals surface area contributed by atoms with Crippen LogP contribution in [0.3, 0.4) is 0 Å². The Morgan fingerprint density at radius 1 is 0.855 bits per heavy atom. The van der Waals surface area contributed by atoms with Gasteiger partial charge >= 0.3 is 5.97 Å². The Labute approximate surface area is 373 Å². The summed E-state index contributed by atoms with van der Waals surface area (Å²) in [6.45, 7) is 17.3. The summed E-state index contributed by atoms with van der Waals surface area (Å²) in [6, 6.07) is -0.839. The van der Waals surface area contributed by atoms with Crippen LogP contribution in [0, 0.1) is 41.4 Å². The summed E-state index contributed by atoms with van der Waals surface area (Å²) >= 11 is 0. The first-order chi connectivity index (χ1) is 29.1. The number of hydrogen-bond acceptors (Lipinski definition) is 10. The van der Waals surface area contributed by atoms with Gasteiger partial charge in [0.2, 0.25) is 5.91 Å². The fourth-order valence-corrected chi connectivity index (χ4v) is 9.55. The molecule has 0 aromatic carbocycles. The van der Waals surface area contributed by atoms with Gasteiger partial charge in [-0.05, 0) is 132 Å². The number of carbonyl (C=O) groups excluding carboxylic acids is 4. The van der Waals surface area contributed by atoms with Gasteiger partial charge in [0, 0.05) is 31.9 Å². The van der Waals surface area contributed by atoms with Crippen molar-refractivity contribution in [3.8, 4) is 0 Å². The topological polar surface area (TPSA) is 171 Å². The second-order valence-corrected chi connectivity index (χ2v) is 20.0. The average Bonchev–Trinajstić information content (AvgIpc) is 3.23. The molecule has 0 spiro atoms. The van der Waals surface area contributed by atoms with Crippen molar-refractivity contribution >= 4 is 23.4 Å². The summed E-state index contributed by atoms with van der Waals surface area (Å²) in [5, 5.41) is 43.9. The third-order valence-corrected chi connectivity index (χ3v) is 14.3. The molecule has 0 bridgehead atoms. The number of fused-ring (bicyclic) bond motifs is 1. The average molecular weight is 870 g/mol. The maximum Gasteiger partial charge on any atom is 0.329 e. The number of piperidine rings is 1. The standard InChI is InChI=1S/C51H83NO10/c1-32-16-12-11-13-17-34(3)44(61-10)27-33(2)19-20-39(8)51(9,60)31-46(55)52-25-15-14-18-42(52)50(59)62-45(36(5)29-40-21-23-41(53)24-22-40)30-43(54)35(4)28-38(7)48(57)49(58)47(56)37(6)26-32/h11-13,16-17,28,32-33,35-37,39-42,44-45,48-49,53,57-58,60H,14-15,18-27,29-31H2,1-10H3/b13-11+,16-12+,34-17+,38-28+/t32-,33+,35-,36-,37-,39-,40-,41-,42?,44+,45+,48-,49+,51-/m1/s1. The van der Waals surface area contributed by atoms with Gasteiger partial charge in [-0.15, -0.1) is 0 Å². The zero-order chi connectivity index (χ0) is 46.3. The van der Waals surface area contributed by atoms with Crippen molar-refractivity contribution < 1.29 is 49.1 Å². The maximum absolute atomic E-state index is 14.2. The molecule has 2 heterocycles. The van der Waals surface area contributed by atoms with E-state index < -0.39 is 53.5 Å². The van der Waals surface area contributed by atoms with E-state index in [9.17, 15) is 39.6 Å². The number of Topliss-reactive ketones (excluding diaryl/α,β-unsaturated/α-hetero) is 2. The number of cyclic esters (lactones) is 1. The molecule has 0 aromatic heterocycles. The number of esters is 1. The lowest BCUT2D eigenvalue weighted by Gasteiger charge is -2.38. The van der Waals surface area contributed by atoms with Gasteiger partial charge < -0.3 is 34.8 Å². The van der Waals surface area contributed by atoms with Crippen molar-refractivity contribution in [1.29, 1.82) is 0 Å². The van der Waals surface area contributed by atoms with Crippen LogP contribution in [0.2, 0.25) is 0 Å². The summed E-state index contributed by atoms with van der Waals surface area (Å²) in [7, 11) is 1.71. The predicted molar refractivity (Wildman–Crippen MR) is 244 cm³/mol. The smallest absolute Gasteiger partial charge is 0.329 e.